The fourth-order valence-electron chi connectivity index (χ4n) is 3.93. The lowest BCUT2D eigenvalue weighted by Crippen LogP contribution is -2.61. The van der Waals surface area contributed by atoms with Gasteiger partial charge >= 0.3 is 0 Å². The lowest BCUT2D eigenvalue weighted by molar-refractivity contribution is -0.133. The van der Waals surface area contributed by atoms with E-state index in [-0.39, 0.29) is 29.7 Å². The van der Waals surface area contributed by atoms with Crippen molar-refractivity contribution in [3.05, 3.63) is 24.3 Å². The fraction of sp³-hybridized carbons (Fsp3) is 0.700. The second-order valence-corrected chi connectivity index (χ2v) is 7.72. The topological polar surface area (TPSA) is 84.4 Å². The van der Waals surface area contributed by atoms with Crippen LogP contribution >= 0.6 is 0 Å². The van der Waals surface area contributed by atoms with Crippen LogP contribution in [0.5, 0.6) is 0 Å². The van der Waals surface area contributed by atoms with E-state index in [9.17, 15) is 9.59 Å². The molecule has 0 aromatic carbocycles. The molecule has 1 saturated carbocycles. The molecule has 3 rings (SSSR count). The predicted molar refractivity (Wildman–Crippen MR) is 101 cm³/mol. The van der Waals surface area contributed by atoms with Crippen LogP contribution in [0.4, 0.5) is 0 Å². The Morgan fingerprint density at radius 1 is 1.26 bits per heavy atom. The van der Waals surface area contributed by atoms with E-state index in [0.29, 0.717) is 19.6 Å². The molecule has 2 heterocycles. The average molecular weight is 374 g/mol. The highest BCUT2D eigenvalue weighted by atomic mass is 16.5. The number of hydrogen-bond acceptors (Lipinski definition) is 5. The Kier molecular flexibility index (Phi) is 6.42. The van der Waals surface area contributed by atoms with Crippen LogP contribution in [-0.2, 0) is 9.53 Å². The minimum Gasteiger partial charge on any atom is -0.376 e. The molecule has 1 aliphatic carbocycles. The molecule has 7 heteroatoms. The van der Waals surface area contributed by atoms with Crippen molar-refractivity contribution in [2.24, 2.45) is 0 Å². The summed E-state index contributed by atoms with van der Waals surface area (Å²) in [5.74, 6) is -0.364. The molecule has 1 aliphatic heterocycles. The quantitative estimate of drug-likeness (QED) is 0.792. The number of nitrogens with one attached hydrogen (secondary N) is 1. The highest BCUT2D eigenvalue weighted by molar-refractivity contribution is 5.97. The first-order valence-electron chi connectivity index (χ1n) is 10.0. The first kappa shape index (κ1) is 19.7. The van der Waals surface area contributed by atoms with Crippen molar-refractivity contribution < 1.29 is 14.3 Å². The molecule has 0 spiro atoms. The Morgan fingerprint density at radius 2 is 2.04 bits per heavy atom. The van der Waals surface area contributed by atoms with E-state index in [1.165, 1.54) is 18.6 Å². The van der Waals surface area contributed by atoms with Crippen molar-refractivity contribution in [2.45, 2.75) is 76.5 Å². The van der Waals surface area contributed by atoms with Crippen molar-refractivity contribution in [1.82, 2.24) is 20.2 Å². The van der Waals surface area contributed by atoms with Gasteiger partial charge in [0.25, 0.3) is 5.91 Å². The number of hydrogen-bond donors (Lipinski definition) is 1. The first-order valence-corrected chi connectivity index (χ1v) is 10.0. The van der Waals surface area contributed by atoms with Crippen molar-refractivity contribution >= 4 is 11.8 Å². The van der Waals surface area contributed by atoms with Crippen LogP contribution < -0.4 is 5.32 Å². The largest absolute Gasteiger partial charge is 0.376 e. The Hall–Kier alpha value is -2.02. The molecule has 1 aromatic heterocycles. The van der Waals surface area contributed by atoms with Gasteiger partial charge in [0.1, 0.15) is 11.2 Å². The summed E-state index contributed by atoms with van der Waals surface area (Å²) >= 11 is 0. The third-order valence-electron chi connectivity index (χ3n) is 5.90. The van der Waals surface area contributed by atoms with E-state index >= 15 is 0 Å². The predicted octanol–water partition coefficient (Wildman–Crippen LogP) is 2.33. The molecule has 1 aromatic rings. The van der Waals surface area contributed by atoms with E-state index in [0.717, 1.165) is 38.5 Å². The van der Waals surface area contributed by atoms with E-state index < -0.39 is 5.54 Å². The zero-order valence-electron chi connectivity index (χ0n) is 16.3. The van der Waals surface area contributed by atoms with Gasteiger partial charge in [0.15, 0.2) is 0 Å². The van der Waals surface area contributed by atoms with Crippen LogP contribution in [0.25, 0.3) is 0 Å². The Morgan fingerprint density at radius 3 is 2.63 bits per heavy atom. The number of aromatic nitrogens is 2. The van der Waals surface area contributed by atoms with Crippen LogP contribution in [0.1, 0.15) is 69.3 Å². The van der Waals surface area contributed by atoms with Gasteiger partial charge in [-0.15, -0.1) is 0 Å². The van der Waals surface area contributed by atoms with E-state index in [1.807, 2.05) is 13.8 Å². The molecule has 1 saturated heterocycles. The number of carbonyl (C=O) groups excluding carboxylic acids is 2. The van der Waals surface area contributed by atoms with Gasteiger partial charge in [-0.3, -0.25) is 14.6 Å². The summed E-state index contributed by atoms with van der Waals surface area (Å²) in [5, 5.41) is 3.17. The minimum absolute atomic E-state index is 0.0456. The monoisotopic (exact) mass is 374 g/mol. The fourth-order valence-corrected chi connectivity index (χ4v) is 3.93. The zero-order chi connectivity index (χ0) is 19.3. The van der Waals surface area contributed by atoms with Crippen LogP contribution in [0.2, 0.25) is 0 Å². The van der Waals surface area contributed by atoms with Gasteiger partial charge in [-0.05, 0) is 39.0 Å². The van der Waals surface area contributed by atoms with Gasteiger partial charge in [0.05, 0.1) is 12.3 Å². The maximum absolute atomic E-state index is 13.3. The van der Waals surface area contributed by atoms with Gasteiger partial charge in [-0.25, -0.2) is 4.98 Å². The summed E-state index contributed by atoms with van der Waals surface area (Å²) in [6, 6.07) is 0.208. The number of rotatable bonds is 7. The lowest BCUT2D eigenvalue weighted by Gasteiger charge is -2.41. The van der Waals surface area contributed by atoms with Gasteiger partial charge in [0, 0.05) is 31.6 Å². The van der Waals surface area contributed by atoms with E-state index in [4.69, 9.17) is 4.74 Å². The smallest absolute Gasteiger partial charge is 0.275 e. The average Bonchev–Trinajstić information content (AvgIpc) is 3.39. The zero-order valence-corrected chi connectivity index (χ0v) is 16.3. The standard InChI is InChI=1S/C20H30N4O3/c1-3-20(2,19(26)23-15-7-4-5-8-15)24(14-16-9-6-12-27-16)18(25)17-13-21-10-11-22-17/h10-11,13,15-16H,3-9,12,14H2,1-2H3,(H,23,26)/t16-,20-/m0/s1. The van der Waals surface area contributed by atoms with Crippen LogP contribution in [-0.4, -0.2) is 57.5 Å². The maximum atomic E-state index is 13.3. The number of nitrogens with zero attached hydrogens (tertiary/aromatic N) is 3. The highest BCUT2D eigenvalue weighted by Crippen LogP contribution is 2.27. The SMILES string of the molecule is CC[C@@](C)(C(=O)NC1CCCC1)N(C[C@@H]1CCCO1)C(=O)c1cnccn1. The van der Waals surface area contributed by atoms with Crippen molar-refractivity contribution in [1.29, 1.82) is 0 Å². The second-order valence-electron chi connectivity index (χ2n) is 7.72. The van der Waals surface area contributed by atoms with Gasteiger partial charge < -0.3 is 15.0 Å². The number of carbonyl (C=O) groups is 2. The Bertz CT molecular complexity index is 642. The molecule has 2 atom stereocenters. The minimum atomic E-state index is -0.955. The number of ether oxygens (including phenoxy) is 1. The molecule has 148 valence electrons. The summed E-state index contributed by atoms with van der Waals surface area (Å²) in [7, 11) is 0. The van der Waals surface area contributed by atoms with Crippen LogP contribution in [0, 0.1) is 0 Å². The molecule has 2 fully saturated rings. The molecule has 0 unspecified atom stereocenters. The van der Waals surface area contributed by atoms with Crippen molar-refractivity contribution in [2.75, 3.05) is 13.2 Å². The molecule has 0 bridgehead atoms. The Labute approximate surface area is 160 Å². The molecule has 2 aliphatic rings. The summed E-state index contributed by atoms with van der Waals surface area (Å²) in [6.07, 6.45) is 11.1. The van der Waals surface area contributed by atoms with Crippen molar-refractivity contribution in [3.63, 3.8) is 0 Å². The molecular weight excluding hydrogens is 344 g/mol. The van der Waals surface area contributed by atoms with Gasteiger partial charge in [0.2, 0.25) is 5.91 Å². The molecular formula is C20H30N4O3. The second kappa shape index (κ2) is 8.78. The summed E-state index contributed by atoms with van der Waals surface area (Å²) in [4.78, 5) is 36.3. The maximum Gasteiger partial charge on any atom is 0.275 e. The van der Waals surface area contributed by atoms with Crippen LogP contribution in [0.15, 0.2) is 18.6 Å². The third-order valence-corrected chi connectivity index (χ3v) is 5.90. The first-order chi connectivity index (χ1) is 13.0. The molecule has 2 amide bonds. The molecule has 0 radical (unpaired) electrons. The van der Waals surface area contributed by atoms with E-state index in [2.05, 4.69) is 15.3 Å². The summed E-state index contributed by atoms with van der Waals surface area (Å²) in [5.41, 5.74) is -0.702. The van der Waals surface area contributed by atoms with Gasteiger partial charge in [-0.1, -0.05) is 19.8 Å². The molecule has 7 nitrogen and oxygen atoms in total. The van der Waals surface area contributed by atoms with E-state index in [1.54, 1.807) is 4.90 Å². The van der Waals surface area contributed by atoms with Crippen LogP contribution in [0.3, 0.4) is 0 Å². The number of amides is 2. The third kappa shape index (κ3) is 4.46. The normalized spacial score (nSPS) is 22.4. The van der Waals surface area contributed by atoms with Gasteiger partial charge in [-0.2, -0.15) is 0 Å². The Balaban J connectivity index is 1.85. The van der Waals surface area contributed by atoms with Crippen molar-refractivity contribution in [3.8, 4) is 0 Å². The lowest BCUT2D eigenvalue weighted by atomic mass is 9.93. The highest BCUT2D eigenvalue weighted by Gasteiger charge is 2.43. The molecule has 1 N–H and O–H groups in total. The summed E-state index contributed by atoms with van der Waals surface area (Å²) in [6.45, 7) is 4.88. The summed E-state index contributed by atoms with van der Waals surface area (Å²) < 4.78 is 5.76. The molecule has 27 heavy (non-hydrogen) atoms.